The van der Waals surface area contributed by atoms with Gasteiger partial charge in [-0.15, -0.1) is 11.3 Å². The first-order valence-corrected chi connectivity index (χ1v) is 6.52. The van der Waals surface area contributed by atoms with Crippen molar-refractivity contribution in [3.05, 3.63) is 50.7 Å². The number of carbonyl (C=O) groups is 1. The van der Waals surface area contributed by atoms with Gasteiger partial charge in [0.15, 0.2) is 0 Å². The van der Waals surface area contributed by atoms with Crippen LogP contribution in [0.4, 0.5) is 0 Å². The van der Waals surface area contributed by atoms with Crippen molar-refractivity contribution in [1.29, 1.82) is 0 Å². The lowest BCUT2D eigenvalue weighted by Gasteiger charge is -2.09. The van der Waals surface area contributed by atoms with Gasteiger partial charge in [0.05, 0.1) is 5.02 Å². The zero-order chi connectivity index (χ0) is 13.1. The SMILES string of the molecule is Cc1cccc(Cl)c1OCc1csc(C(=O)O)c1. The van der Waals surface area contributed by atoms with Gasteiger partial charge in [-0.25, -0.2) is 4.79 Å². The molecule has 1 N–H and O–H groups in total. The molecule has 3 nitrogen and oxygen atoms in total. The van der Waals surface area contributed by atoms with Crippen molar-refractivity contribution >= 4 is 28.9 Å². The number of thiophene rings is 1. The molecule has 0 aliphatic rings. The third-order valence-corrected chi connectivity index (χ3v) is 3.68. The van der Waals surface area contributed by atoms with Gasteiger partial charge in [0.1, 0.15) is 17.2 Å². The van der Waals surface area contributed by atoms with Gasteiger partial charge >= 0.3 is 5.97 Å². The van der Waals surface area contributed by atoms with Gasteiger partial charge in [-0.3, -0.25) is 0 Å². The van der Waals surface area contributed by atoms with Crippen LogP contribution in [0.2, 0.25) is 5.02 Å². The number of para-hydroxylation sites is 1. The second-order valence-electron chi connectivity index (χ2n) is 3.80. The minimum atomic E-state index is -0.917. The fourth-order valence-corrected chi connectivity index (χ4v) is 2.53. The van der Waals surface area contributed by atoms with E-state index in [-0.39, 0.29) is 0 Å². The first kappa shape index (κ1) is 12.9. The number of aryl methyl sites for hydroxylation is 1. The topological polar surface area (TPSA) is 46.5 Å². The lowest BCUT2D eigenvalue weighted by Crippen LogP contribution is -1.97. The van der Waals surface area contributed by atoms with Gasteiger partial charge < -0.3 is 9.84 Å². The molecule has 0 saturated heterocycles. The van der Waals surface area contributed by atoms with Crippen LogP contribution in [-0.4, -0.2) is 11.1 Å². The summed E-state index contributed by atoms with van der Waals surface area (Å²) in [5, 5.41) is 11.2. The fourth-order valence-electron chi connectivity index (χ4n) is 1.52. The minimum Gasteiger partial charge on any atom is -0.487 e. The van der Waals surface area contributed by atoms with E-state index in [1.807, 2.05) is 19.1 Å². The van der Waals surface area contributed by atoms with Gasteiger partial charge in [0, 0.05) is 5.56 Å². The summed E-state index contributed by atoms with van der Waals surface area (Å²) in [6.45, 7) is 2.23. The van der Waals surface area contributed by atoms with Gasteiger partial charge in [0.2, 0.25) is 0 Å². The molecule has 5 heteroatoms. The minimum absolute atomic E-state index is 0.310. The normalized spacial score (nSPS) is 10.3. The number of rotatable bonds is 4. The lowest BCUT2D eigenvalue weighted by molar-refractivity contribution is 0.0702. The number of hydrogen-bond donors (Lipinski definition) is 1. The van der Waals surface area contributed by atoms with Crippen LogP contribution in [0, 0.1) is 6.92 Å². The van der Waals surface area contributed by atoms with Crippen LogP contribution in [0.3, 0.4) is 0 Å². The molecule has 0 bridgehead atoms. The number of carboxylic acid groups (broad SMARTS) is 1. The molecular weight excluding hydrogens is 272 g/mol. The molecule has 1 aromatic carbocycles. The summed E-state index contributed by atoms with van der Waals surface area (Å²) in [6, 6.07) is 7.15. The molecule has 1 heterocycles. The molecule has 18 heavy (non-hydrogen) atoms. The molecule has 0 spiro atoms. The maximum absolute atomic E-state index is 10.7. The predicted molar refractivity (Wildman–Crippen MR) is 71.8 cm³/mol. The Morgan fingerprint density at radius 2 is 2.28 bits per heavy atom. The standard InChI is InChI=1S/C13H11ClO3S/c1-8-3-2-4-10(14)12(8)17-6-9-5-11(13(15)16)18-7-9/h2-5,7H,6H2,1H3,(H,15,16). The van der Waals surface area contributed by atoms with Crippen LogP contribution in [0.5, 0.6) is 5.75 Å². The van der Waals surface area contributed by atoms with E-state index in [9.17, 15) is 4.79 Å². The number of hydrogen-bond acceptors (Lipinski definition) is 3. The second kappa shape index (κ2) is 5.42. The highest BCUT2D eigenvalue weighted by Gasteiger charge is 2.09. The second-order valence-corrected chi connectivity index (χ2v) is 5.12. The van der Waals surface area contributed by atoms with Gasteiger partial charge in [-0.2, -0.15) is 0 Å². The summed E-state index contributed by atoms with van der Waals surface area (Å²) in [4.78, 5) is 11.1. The van der Waals surface area contributed by atoms with Gasteiger partial charge in [0.25, 0.3) is 0 Å². The third-order valence-electron chi connectivity index (χ3n) is 2.41. The zero-order valence-corrected chi connectivity index (χ0v) is 11.2. The van der Waals surface area contributed by atoms with Crippen molar-refractivity contribution < 1.29 is 14.6 Å². The summed E-state index contributed by atoms with van der Waals surface area (Å²) < 4.78 is 5.63. The first-order chi connectivity index (χ1) is 8.58. The Labute approximate surface area is 114 Å². The molecule has 0 radical (unpaired) electrons. The average Bonchev–Trinajstić information content (AvgIpc) is 2.77. The van der Waals surface area contributed by atoms with Crippen LogP contribution in [0.25, 0.3) is 0 Å². The molecule has 1 aromatic heterocycles. The highest BCUT2D eigenvalue weighted by Crippen LogP contribution is 2.29. The Balaban J connectivity index is 2.09. The van der Waals surface area contributed by atoms with Gasteiger partial charge in [-0.1, -0.05) is 23.7 Å². The molecule has 0 fully saturated rings. The van der Waals surface area contributed by atoms with E-state index < -0.39 is 5.97 Å². The highest BCUT2D eigenvalue weighted by atomic mass is 35.5. The van der Waals surface area contributed by atoms with E-state index >= 15 is 0 Å². The fraction of sp³-hybridized carbons (Fsp3) is 0.154. The maximum Gasteiger partial charge on any atom is 0.345 e. The van der Waals surface area contributed by atoms with Crippen LogP contribution in [-0.2, 0) is 6.61 Å². The summed E-state index contributed by atoms with van der Waals surface area (Å²) in [7, 11) is 0. The summed E-state index contributed by atoms with van der Waals surface area (Å²) >= 11 is 7.22. The van der Waals surface area contributed by atoms with Crippen LogP contribution < -0.4 is 4.74 Å². The quantitative estimate of drug-likeness (QED) is 0.922. The van der Waals surface area contributed by atoms with Crippen LogP contribution in [0.1, 0.15) is 20.8 Å². The molecule has 0 aliphatic carbocycles. The zero-order valence-electron chi connectivity index (χ0n) is 9.64. The number of halogens is 1. The predicted octanol–water partition coefficient (Wildman–Crippen LogP) is 3.99. The summed E-state index contributed by atoms with van der Waals surface area (Å²) in [5.74, 6) is -0.276. The monoisotopic (exact) mass is 282 g/mol. The summed E-state index contributed by atoms with van der Waals surface area (Å²) in [6.07, 6.45) is 0. The molecule has 0 atom stereocenters. The summed E-state index contributed by atoms with van der Waals surface area (Å²) in [5.41, 5.74) is 1.79. The van der Waals surface area contributed by atoms with Crippen molar-refractivity contribution in [3.8, 4) is 5.75 Å². The molecule has 0 aliphatic heterocycles. The molecule has 2 aromatic rings. The van der Waals surface area contributed by atoms with Gasteiger partial charge in [-0.05, 0) is 30.0 Å². The molecule has 0 saturated carbocycles. The molecule has 0 unspecified atom stereocenters. The van der Waals surface area contributed by atoms with E-state index in [1.165, 1.54) is 11.3 Å². The average molecular weight is 283 g/mol. The smallest absolute Gasteiger partial charge is 0.345 e. The third kappa shape index (κ3) is 2.83. The Hall–Kier alpha value is -1.52. The Bertz CT molecular complexity index is 557. The molecular formula is C13H11ClO3S. The van der Waals surface area contributed by atoms with Crippen molar-refractivity contribution in [3.63, 3.8) is 0 Å². The van der Waals surface area contributed by atoms with E-state index in [0.717, 1.165) is 11.1 Å². The first-order valence-electron chi connectivity index (χ1n) is 5.26. The van der Waals surface area contributed by atoms with Crippen molar-refractivity contribution in [2.75, 3.05) is 0 Å². The van der Waals surface area contributed by atoms with Crippen molar-refractivity contribution in [2.24, 2.45) is 0 Å². The van der Waals surface area contributed by atoms with Crippen LogP contribution in [0.15, 0.2) is 29.6 Å². The van der Waals surface area contributed by atoms with Crippen molar-refractivity contribution in [2.45, 2.75) is 13.5 Å². The van der Waals surface area contributed by atoms with E-state index in [0.29, 0.717) is 22.3 Å². The van der Waals surface area contributed by atoms with E-state index in [4.69, 9.17) is 21.4 Å². The Morgan fingerprint density at radius 3 is 2.89 bits per heavy atom. The molecule has 2 rings (SSSR count). The number of benzene rings is 1. The Morgan fingerprint density at radius 1 is 1.50 bits per heavy atom. The number of ether oxygens (including phenoxy) is 1. The van der Waals surface area contributed by atoms with E-state index in [1.54, 1.807) is 17.5 Å². The number of aromatic carboxylic acids is 1. The largest absolute Gasteiger partial charge is 0.487 e. The van der Waals surface area contributed by atoms with E-state index in [2.05, 4.69) is 0 Å². The number of carboxylic acids is 1. The lowest BCUT2D eigenvalue weighted by atomic mass is 10.2. The maximum atomic E-state index is 10.7. The van der Waals surface area contributed by atoms with Crippen molar-refractivity contribution in [1.82, 2.24) is 0 Å². The Kier molecular flexibility index (Phi) is 3.89. The highest BCUT2D eigenvalue weighted by molar-refractivity contribution is 7.12. The molecule has 0 amide bonds. The van der Waals surface area contributed by atoms with Crippen LogP contribution >= 0.6 is 22.9 Å². The molecule has 94 valence electrons.